The van der Waals surface area contributed by atoms with Crippen LogP contribution in [-0.2, 0) is 9.53 Å². The fourth-order valence-corrected chi connectivity index (χ4v) is 1.80. The van der Waals surface area contributed by atoms with Crippen molar-refractivity contribution in [2.45, 2.75) is 58.7 Å². The van der Waals surface area contributed by atoms with Gasteiger partial charge in [0.25, 0.3) is 0 Å². The van der Waals surface area contributed by atoms with Crippen LogP contribution in [0.15, 0.2) is 0 Å². The van der Waals surface area contributed by atoms with Gasteiger partial charge in [-0.3, -0.25) is 4.79 Å². The molecule has 1 saturated heterocycles. The Hall–Kier alpha value is -0.610. The number of amides is 1. The average Bonchev–Trinajstić information content (AvgIpc) is 2.67. The number of carbonyl (C=O) groups excluding carboxylic acids is 1. The average molecular weight is 228 g/mol. The Labute approximate surface area is 97.9 Å². The molecule has 4 nitrogen and oxygen atoms in total. The van der Waals surface area contributed by atoms with E-state index in [4.69, 9.17) is 10.5 Å². The Morgan fingerprint density at radius 2 is 2.12 bits per heavy atom. The molecule has 2 unspecified atom stereocenters. The summed E-state index contributed by atoms with van der Waals surface area (Å²) >= 11 is 0. The SMILES string of the molecule is CC(NC(=O)[C@H](N)C(C)(C)C)C1CCCO1. The van der Waals surface area contributed by atoms with Crippen LogP contribution in [0.4, 0.5) is 0 Å². The smallest absolute Gasteiger partial charge is 0.237 e. The largest absolute Gasteiger partial charge is 0.376 e. The molecule has 0 spiro atoms. The van der Waals surface area contributed by atoms with Crippen molar-refractivity contribution in [3.8, 4) is 0 Å². The van der Waals surface area contributed by atoms with Gasteiger partial charge < -0.3 is 15.8 Å². The van der Waals surface area contributed by atoms with E-state index in [1.165, 1.54) is 0 Å². The summed E-state index contributed by atoms with van der Waals surface area (Å²) in [4.78, 5) is 11.9. The summed E-state index contributed by atoms with van der Waals surface area (Å²) in [7, 11) is 0. The van der Waals surface area contributed by atoms with Crippen LogP contribution >= 0.6 is 0 Å². The fourth-order valence-electron chi connectivity index (χ4n) is 1.80. The lowest BCUT2D eigenvalue weighted by atomic mass is 9.86. The van der Waals surface area contributed by atoms with Crippen molar-refractivity contribution >= 4 is 5.91 Å². The molecule has 0 saturated carbocycles. The second-order valence-electron chi connectivity index (χ2n) is 5.69. The van der Waals surface area contributed by atoms with Crippen LogP contribution in [-0.4, -0.2) is 30.7 Å². The summed E-state index contributed by atoms with van der Waals surface area (Å²) in [5, 5.41) is 2.94. The van der Waals surface area contributed by atoms with Gasteiger partial charge in [-0.1, -0.05) is 20.8 Å². The molecule has 94 valence electrons. The molecule has 1 rings (SSSR count). The first kappa shape index (κ1) is 13.5. The van der Waals surface area contributed by atoms with E-state index in [1.54, 1.807) is 0 Å². The lowest BCUT2D eigenvalue weighted by Crippen LogP contribution is -2.53. The number of hydrogen-bond donors (Lipinski definition) is 2. The van der Waals surface area contributed by atoms with Crippen molar-refractivity contribution in [1.29, 1.82) is 0 Å². The topological polar surface area (TPSA) is 64.4 Å². The molecule has 1 aliphatic rings. The Balaban J connectivity index is 2.44. The molecule has 1 aliphatic heterocycles. The molecular weight excluding hydrogens is 204 g/mol. The van der Waals surface area contributed by atoms with Gasteiger partial charge in [-0.05, 0) is 25.2 Å². The minimum Gasteiger partial charge on any atom is -0.376 e. The van der Waals surface area contributed by atoms with Crippen LogP contribution in [0.1, 0.15) is 40.5 Å². The van der Waals surface area contributed by atoms with Crippen molar-refractivity contribution in [1.82, 2.24) is 5.32 Å². The summed E-state index contributed by atoms with van der Waals surface area (Å²) in [6.45, 7) is 8.68. The zero-order valence-electron chi connectivity index (χ0n) is 10.7. The predicted octanol–water partition coefficient (Wildman–Crippen LogP) is 1.04. The zero-order valence-corrected chi connectivity index (χ0v) is 10.7. The molecule has 16 heavy (non-hydrogen) atoms. The summed E-state index contributed by atoms with van der Waals surface area (Å²) in [6, 6.07) is -0.431. The Morgan fingerprint density at radius 1 is 1.50 bits per heavy atom. The van der Waals surface area contributed by atoms with Gasteiger partial charge in [-0.25, -0.2) is 0 Å². The van der Waals surface area contributed by atoms with E-state index in [9.17, 15) is 4.79 Å². The minimum atomic E-state index is -0.476. The molecule has 1 amide bonds. The second-order valence-corrected chi connectivity index (χ2v) is 5.69. The van der Waals surface area contributed by atoms with Gasteiger partial charge in [-0.2, -0.15) is 0 Å². The van der Waals surface area contributed by atoms with Crippen LogP contribution in [0.3, 0.4) is 0 Å². The van der Waals surface area contributed by atoms with Gasteiger partial charge in [0, 0.05) is 6.61 Å². The van der Waals surface area contributed by atoms with Gasteiger partial charge in [0.2, 0.25) is 5.91 Å². The summed E-state index contributed by atoms with van der Waals surface area (Å²) < 4.78 is 5.53. The van der Waals surface area contributed by atoms with Gasteiger partial charge in [0.15, 0.2) is 0 Å². The quantitative estimate of drug-likeness (QED) is 0.758. The zero-order chi connectivity index (χ0) is 12.3. The normalized spacial score (nSPS) is 25.2. The monoisotopic (exact) mass is 228 g/mol. The number of carbonyl (C=O) groups is 1. The molecule has 0 radical (unpaired) electrons. The molecule has 0 aromatic carbocycles. The van der Waals surface area contributed by atoms with E-state index >= 15 is 0 Å². The van der Waals surface area contributed by atoms with Crippen molar-refractivity contribution in [2.75, 3.05) is 6.61 Å². The summed E-state index contributed by atoms with van der Waals surface area (Å²) in [5.41, 5.74) is 5.68. The maximum absolute atomic E-state index is 11.9. The fraction of sp³-hybridized carbons (Fsp3) is 0.917. The third-order valence-electron chi connectivity index (χ3n) is 3.11. The van der Waals surface area contributed by atoms with Crippen LogP contribution in [0, 0.1) is 5.41 Å². The van der Waals surface area contributed by atoms with E-state index in [1.807, 2.05) is 27.7 Å². The third kappa shape index (κ3) is 3.46. The molecule has 1 fully saturated rings. The van der Waals surface area contributed by atoms with Crippen molar-refractivity contribution in [3.63, 3.8) is 0 Å². The van der Waals surface area contributed by atoms with E-state index in [0.29, 0.717) is 0 Å². The molecule has 0 aromatic heterocycles. The molecule has 0 bridgehead atoms. The number of hydrogen-bond acceptors (Lipinski definition) is 3. The van der Waals surface area contributed by atoms with E-state index in [-0.39, 0.29) is 23.5 Å². The molecule has 3 atom stereocenters. The number of ether oxygens (including phenoxy) is 1. The Morgan fingerprint density at radius 3 is 2.56 bits per heavy atom. The van der Waals surface area contributed by atoms with Gasteiger partial charge in [0.1, 0.15) is 0 Å². The Bertz CT molecular complexity index is 242. The minimum absolute atomic E-state index is 0.0448. The Kier molecular flexibility index (Phi) is 4.33. The lowest BCUT2D eigenvalue weighted by Gasteiger charge is -2.28. The third-order valence-corrected chi connectivity index (χ3v) is 3.11. The first-order chi connectivity index (χ1) is 7.32. The highest BCUT2D eigenvalue weighted by molar-refractivity contribution is 5.82. The van der Waals surface area contributed by atoms with E-state index < -0.39 is 6.04 Å². The van der Waals surface area contributed by atoms with Crippen molar-refractivity contribution in [2.24, 2.45) is 11.1 Å². The van der Waals surface area contributed by atoms with Crippen LogP contribution in [0.5, 0.6) is 0 Å². The second kappa shape index (κ2) is 5.15. The standard InChI is InChI=1S/C12H24N2O2/c1-8(9-6-5-7-16-9)14-11(15)10(13)12(2,3)4/h8-10H,5-7,13H2,1-4H3,(H,14,15)/t8?,9?,10-/m0/s1. The van der Waals surface area contributed by atoms with Gasteiger partial charge in [-0.15, -0.1) is 0 Å². The van der Waals surface area contributed by atoms with E-state index in [2.05, 4.69) is 5.32 Å². The van der Waals surface area contributed by atoms with E-state index in [0.717, 1.165) is 19.4 Å². The van der Waals surface area contributed by atoms with Crippen LogP contribution in [0.25, 0.3) is 0 Å². The van der Waals surface area contributed by atoms with Gasteiger partial charge in [0.05, 0.1) is 18.2 Å². The first-order valence-electron chi connectivity index (χ1n) is 6.00. The highest BCUT2D eigenvalue weighted by Crippen LogP contribution is 2.19. The molecule has 3 N–H and O–H groups in total. The molecule has 4 heteroatoms. The first-order valence-corrected chi connectivity index (χ1v) is 6.00. The summed E-state index contributed by atoms with van der Waals surface area (Å²) in [6.07, 6.45) is 2.25. The maximum atomic E-state index is 11.9. The summed E-state index contributed by atoms with van der Waals surface area (Å²) in [5.74, 6) is -0.0875. The highest BCUT2D eigenvalue weighted by atomic mass is 16.5. The van der Waals surface area contributed by atoms with Crippen LogP contribution in [0.2, 0.25) is 0 Å². The highest BCUT2D eigenvalue weighted by Gasteiger charge is 2.30. The van der Waals surface area contributed by atoms with Crippen molar-refractivity contribution < 1.29 is 9.53 Å². The molecular formula is C12H24N2O2. The lowest BCUT2D eigenvalue weighted by molar-refractivity contribution is -0.126. The van der Waals surface area contributed by atoms with Crippen LogP contribution < -0.4 is 11.1 Å². The number of rotatable bonds is 3. The molecule has 0 aromatic rings. The van der Waals surface area contributed by atoms with Crippen molar-refractivity contribution in [3.05, 3.63) is 0 Å². The van der Waals surface area contributed by atoms with Gasteiger partial charge >= 0.3 is 0 Å². The maximum Gasteiger partial charge on any atom is 0.237 e. The number of nitrogens with one attached hydrogen (secondary N) is 1. The molecule has 1 heterocycles. The molecule has 0 aliphatic carbocycles. The number of nitrogens with two attached hydrogens (primary N) is 1. The predicted molar refractivity (Wildman–Crippen MR) is 64.0 cm³/mol.